The van der Waals surface area contributed by atoms with Crippen LogP contribution in [0.2, 0.25) is 5.02 Å². The predicted molar refractivity (Wildman–Crippen MR) is 79.4 cm³/mol. The van der Waals surface area contributed by atoms with Crippen LogP contribution in [-0.4, -0.2) is 18.0 Å². The second-order valence-corrected chi connectivity index (χ2v) is 4.67. The van der Waals surface area contributed by atoms with E-state index in [-0.39, 0.29) is 27.9 Å². The molecule has 0 fully saturated rings. The summed E-state index contributed by atoms with van der Waals surface area (Å²) >= 11 is 5.85. The molecule has 2 aromatic carbocycles. The third-order valence-corrected chi connectivity index (χ3v) is 3.10. The molecule has 1 N–H and O–H groups in total. The number of phenols is 1. The molecule has 2 rings (SSSR count). The fourth-order valence-electron chi connectivity index (χ4n) is 1.76. The number of benzene rings is 2. The Morgan fingerprint density at radius 2 is 2.10 bits per heavy atom. The van der Waals surface area contributed by atoms with E-state index in [9.17, 15) is 14.3 Å². The van der Waals surface area contributed by atoms with Crippen LogP contribution < -0.4 is 4.74 Å². The molecule has 0 spiro atoms. The minimum absolute atomic E-state index is 0.118. The zero-order valence-electron chi connectivity index (χ0n) is 11.1. The quantitative estimate of drug-likeness (QED) is 0.683. The van der Waals surface area contributed by atoms with Gasteiger partial charge < -0.3 is 9.84 Å². The number of carbonyl (C=O) groups is 1. The van der Waals surface area contributed by atoms with Crippen molar-refractivity contribution >= 4 is 23.5 Å². The van der Waals surface area contributed by atoms with E-state index in [0.29, 0.717) is 5.56 Å². The van der Waals surface area contributed by atoms with Gasteiger partial charge >= 0.3 is 0 Å². The van der Waals surface area contributed by atoms with Gasteiger partial charge in [-0.1, -0.05) is 29.8 Å². The van der Waals surface area contributed by atoms with Crippen molar-refractivity contribution in [2.45, 2.75) is 0 Å². The van der Waals surface area contributed by atoms with Crippen LogP contribution in [0.3, 0.4) is 0 Å². The summed E-state index contributed by atoms with van der Waals surface area (Å²) in [5.74, 6) is -0.755. The highest BCUT2D eigenvalue weighted by Gasteiger charge is 2.08. The van der Waals surface area contributed by atoms with Crippen molar-refractivity contribution in [1.29, 1.82) is 0 Å². The number of halogens is 2. The number of phenolic OH excluding ortho intramolecular Hbond substituents is 1. The lowest BCUT2D eigenvalue weighted by atomic mass is 10.1. The number of rotatable bonds is 4. The van der Waals surface area contributed by atoms with Gasteiger partial charge in [0.05, 0.1) is 12.1 Å². The molecule has 0 aliphatic rings. The summed E-state index contributed by atoms with van der Waals surface area (Å²) in [6.07, 6.45) is 2.82. The van der Waals surface area contributed by atoms with E-state index in [4.69, 9.17) is 16.3 Å². The highest BCUT2D eigenvalue weighted by molar-refractivity contribution is 6.32. The van der Waals surface area contributed by atoms with Gasteiger partial charge in [-0.3, -0.25) is 4.79 Å². The Labute approximate surface area is 126 Å². The average Bonchev–Trinajstić information content (AvgIpc) is 2.48. The first-order valence-corrected chi connectivity index (χ1v) is 6.43. The fraction of sp³-hybridized carbons (Fsp3) is 0.0625. The Kier molecular flexibility index (Phi) is 4.60. The van der Waals surface area contributed by atoms with Crippen LogP contribution in [0.15, 0.2) is 42.5 Å². The summed E-state index contributed by atoms with van der Waals surface area (Å²) in [6.45, 7) is 0. The van der Waals surface area contributed by atoms with E-state index in [1.165, 1.54) is 49.6 Å². The highest BCUT2D eigenvalue weighted by atomic mass is 35.5. The summed E-state index contributed by atoms with van der Waals surface area (Å²) in [4.78, 5) is 11.9. The van der Waals surface area contributed by atoms with Crippen molar-refractivity contribution in [3.63, 3.8) is 0 Å². The van der Waals surface area contributed by atoms with Crippen LogP contribution in [0, 0.1) is 5.82 Å². The summed E-state index contributed by atoms with van der Waals surface area (Å²) in [6, 6.07) is 8.46. The van der Waals surface area contributed by atoms with E-state index in [0.717, 1.165) is 6.07 Å². The topological polar surface area (TPSA) is 46.5 Å². The first-order valence-electron chi connectivity index (χ1n) is 6.05. The number of ether oxygens (including phenoxy) is 1. The van der Waals surface area contributed by atoms with Crippen LogP contribution >= 0.6 is 11.6 Å². The molecule has 0 unspecified atom stereocenters. The minimum atomic E-state index is -0.469. The normalized spacial score (nSPS) is 10.8. The molecule has 0 aromatic heterocycles. The molecule has 0 radical (unpaired) electrons. The molecule has 108 valence electrons. The molecular weight excluding hydrogens is 295 g/mol. The van der Waals surface area contributed by atoms with Gasteiger partial charge in [-0.05, 0) is 35.9 Å². The SMILES string of the molecule is COc1cc(/C=C/C(=O)c2cccc(F)c2)cc(Cl)c1O. The maximum Gasteiger partial charge on any atom is 0.185 e. The largest absolute Gasteiger partial charge is 0.503 e. The molecule has 2 aromatic rings. The number of hydrogen-bond donors (Lipinski definition) is 1. The van der Waals surface area contributed by atoms with Gasteiger partial charge in [0.2, 0.25) is 0 Å². The lowest BCUT2D eigenvalue weighted by molar-refractivity contribution is 0.104. The van der Waals surface area contributed by atoms with E-state index in [1.54, 1.807) is 0 Å². The van der Waals surface area contributed by atoms with Gasteiger partial charge in [0.15, 0.2) is 17.3 Å². The number of aromatic hydroxyl groups is 1. The maximum atomic E-state index is 13.0. The summed E-state index contributed by atoms with van der Waals surface area (Å²) in [5, 5.41) is 9.74. The van der Waals surface area contributed by atoms with Crippen LogP contribution in [0.5, 0.6) is 11.5 Å². The monoisotopic (exact) mass is 306 g/mol. The van der Waals surface area contributed by atoms with Gasteiger partial charge in [0.1, 0.15) is 5.82 Å². The average molecular weight is 307 g/mol. The number of allylic oxidation sites excluding steroid dienone is 1. The van der Waals surface area contributed by atoms with Crippen molar-refractivity contribution in [1.82, 2.24) is 0 Å². The number of methoxy groups -OCH3 is 1. The molecule has 0 heterocycles. The first-order chi connectivity index (χ1) is 10.0. The maximum absolute atomic E-state index is 13.0. The van der Waals surface area contributed by atoms with Crippen molar-refractivity contribution in [3.8, 4) is 11.5 Å². The minimum Gasteiger partial charge on any atom is -0.503 e. The molecule has 5 heteroatoms. The van der Waals surface area contributed by atoms with Crippen molar-refractivity contribution in [2.24, 2.45) is 0 Å². The van der Waals surface area contributed by atoms with E-state index in [2.05, 4.69) is 0 Å². The van der Waals surface area contributed by atoms with Crippen LogP contribution in [-0.2, 0) is 0 Å². The molecular formula is C16H12ClFO3. The van der Waals surface area contributed by atoms with Gasteiger partial charge in [-0.2, -0.15) is 0 Å². The summed E-state index contributed by atoms with van der Waals surface area (Å²) in [7, 11) is 1.40. The van der Waals surface area contributed by atoms with Gasteiger partial charge in [0.25, 0.3) is 0 Å². The summed E-state index contributed by atoms with van der Waals surface area (Å²) < 4.78 is 18.0. The molecule has 0 saturated heterocycles. The van der Waals surface area contributed by atoms with Gasteiger partial charge in [-0.25, -0.2) is 4.39 Å². The Bertz CT molecular complexity index is 711. The van der Waals surface area contributed by atoms with Crippen molar-refractivity contribution in [3.05, 3.63) is 64.4 Å². The Morgan fingerprint density at radius 3 is 2.76 bits per heavy atom. The third-order valence-electron chi connectivity index (χ3n) is 2.81. The molecule has 21 heavy (non-hydrogen) atoms. The molecule has 0 atom stereocenters. The molecule has 0 saturated carbocycles. The number of hydrogen-bond acceptors (Lipinski definition) is 3. The molecule has 0 aliphatic heterocycles. The predicted octanol–water partition coefficient (Wildman–Crippen LogP) is 4.09. The lowest BCUT2D eigenvalue weighted by Crippen LogP contribution is -1.94. The standard InChI is InChI=1S/C16H12ClFO3/c1-21-15-8-10(7-13(17)16(15)20)5-6-14(19)11-3-2-4-12(18)9-11/h2-9,20H,1H3/b6-5+. The van der Waals surface area contributed by atoms with Gasteiger partial charge in [-0.15, -0.1) is 0 Å². The van der Waals surface area contributed by atoms with E-state index < -0.39 is 5.82 Å². The Hall–Kier alpha value is -2.33. The Balaban J connectivity index is 2.25. The van der Waals surface area contributed by atoms with Gasteiger partial charge in [0, 0.05) is 5.56 Å². The third kappa shape index (κ3) is 3.61. The van der Waals surface area contributed by atoms with Crippen LogP contribution in [0.1, 0.15) is 15.9 Å². The van der Waals surface area contributed by atoms with Crippen LogP contribution in [0.4, 0.5) is 4.39 Å². The Morgan fingerprint density at radius 1 is 1.33 bits per heavy atom. The van der Waals surface area contributed by atoms with Crippen LogP contribution in [0.25, 0.3) is 6.08 Å². The highest BCUT2D eigenvalue weighted by Crippen LogP contribution is 2.35. The molecule has 3 nitrogen and oxygen atoms in total. The van der Waals surface area contributed by atoms with Crippen molar-refractivity contribution < 1.29 is 19.0 Å². The van der Waals surface area contributed by atoms with Crippen molar-refractivity contribution in [2.75, 3.05) is 7.11 Å². The molecule has 0 amide bonds. The number of carbonyl (C=O) groups excluding carboxylic acids is 1. The van der Waals surface area contributed by atoms with E-state index >= 15 is 0 Å². The zero-order chi connectivity index (χ0) is 15.4. The first kappa shape index (κ1) is 15.1. The molecule has 0 aliphatic carbocycles. The molecule has 0 bridgehead atoms. The fourth-order valence-corrected chi connectivity index (χ4v) is 1.97. The smallest absolute Gasteiger partial charge is 0.185 e. The second-order valence-electron chi connectivity index (χ2n) is 4.26. The lowest BCUT2D eigenvalue weighted by Gasteiger charge is -2.06. The van der Waals surface area contributed by atoms with E-state index in [1.807, 2.05) is 0 Å². The second kappa shape index (κ2) is 6.41. The number of ketones is 1. The summed E-state index contributed by atoms with van der Waals surface area (Å²) in [5.41, 5.74) is 0.836. The zero-order valence-corrected chi connectivity index (χ0v) is 11.9.